The molecular weight excluding hydrogens is 283 g/mol. The van der Waals surface area contributed by atoms with E-state index in [1.54, 1.807) is 6.07 Å². The molecule has 0 saturated heterocycles. The van der Waals surface area contributed by atoms with Gasteiger partial charge >= 0.3 is 0 Å². The third-order valence-corrected chi connectivity index (χ3v) is 3.21. The van der Waals surface area contributed by atoms with Crippen molar-refractivity contribution in [3.05, 3.63) is 39.9 Å². The number of allylic oxidation sites excluding steroid dienone is 2. The molecule has 0 unspecified atom stereocenters. The molecule has 1 rings (SSSR count). The highest BCUT2D eigenvalue weighted by Crippen LogP contribution is 2.30. The van der Waals surface area contributed by atoms with E-state index in [1.807, 2.05) is 19.1 Å². The van der Waals surface area contributed by atoms with Crippen LogP contribution in [0, 0.1) is 0 Å². The predicted molar refractivity (Wildman–Crippen MR) is 68.5 cm³/mol. The normalized spacial score (nSPS) is 11.9. The second kappa shape index (κ2) is 5.79. The molecule has 14 heavy (non-hydrogen) atoms. The Morgan fingerprint density at radius 3 is 2.79 bits per heavy atom. The molecular formula is C11H11BrCl2. The topological polar surface area (TPSA) is 0 Å². The summed E-state index contributed by atoms with van der Waals surface area (Å²) < 4.78 is 0. The molecule has 0 fully saturated rings. The van der Waals surface area contributed by atoms with E-state index in [-0.39, 0.29) is 0 Å². The van der Waals surface area contributed by atoms with Gasteiger partial charge in [-0.05, 0) is 30.5 Å². The van der Waals surface area contributed by atoms with Crippen LogP contribution in [0.3, 0.4) is 0 Å². The summed E-state index contributed by atoms with van der Waals surface area (Å²) >= 11 is 15.4. The summed E-state index contributed by atoms with van der Waals surface area (Å²) in [4.78, 5) is 0. The van der Waals surface area contributed by atoms with Gasteiger partial charge in [-0.25, -0.2) is 0 Å². The second-order valence-electron chi connectivity index (χ2n) is 2.97. The zero-order valence-corrected chi connectivity index (χ0v) is 11.0. The van der Waals surface area contributed by atoms with E-state index >= 15 is 0 Å². The molecule has 1 aromatic rings. The maximum absolute atomic E-state index is 6.08. The minimum atomic E-state index is 0.607. The molecule has 76 valence electrons. The highest BCUT2D eigenvalue weighted by molar-refractivity contribution is 9.09. The first-order chi connectivity index (χ1) is 6.66. The van der Waals surface area contributed by atoms with E-state index in [0.29, 0.717) is 10.0 Å². The first-order valence-corrected chi connectivity index (χ1v) is 6.21. The van der Waals surface area contributed by atoms with Crippen LogP contribution < -0.4 is 0 Å². The molecule has 1 aromatic carbocycles. The molecule has 0 amide bonds. The average molecular weight is 294 g/mol. The van der Waals surface area contributed by atoms with Crippen molar-refractivity contribution in [2.75, 3.05) is 5.33 Å². The zero-order valence-electron chi connectivity index (χ0n) is 7.86. The number of benzene rings is 1. The summed E-state index contributed by atoms with van der Waals surface area (Å²) in [6.07, 6.45) is 3.14. The Balaban J connectivity index is 3.01. The van der Waals surface area contributed by atoms with Crippen LogP contribution >= 0.6 is 39.1 Å². The van der Waals surface area contributed by atoms with Gasteiger partial charge in [0.25, 0.3) is 0 Å². The van der Waals surface area contributed by atoms with Gasteiger partial charge < -0.3 is 0 Å². The lowest BCUT2D eigenvalue weighted by atomic mass is 10.1. The summed E-state index contributed by atoms with van der Waals surface area (Å²) in [7, 11) is 0. The van der Waals surface area contributed by atoms with Gasteiger partial charge in [0.1, 0.15) is 0 Å². The van der Waals surface area contributed by atoms with Crippen molar-refractivity contribution in [3.63, 3.8) is 0 Å². The van der Waals surface area contributed by atoms with E-state index < -0.39 is 0 Å². The number of halogens is 3. The second-order valence-corrected chi connectivity index (χ2v) is 4.54. The molecule has 0 aromatic heterocycles. The maximum Gasteiger partial charge on any atom is 0.0667 e. The third-order valence-electron chi connectivity index (χ3n) is 1.94. The van der Waals surface area contributed by atoms with Gasteiger partial charge in [-0.2, -0.15) is 0 Å². The monoisotopic (exact) mass is 292 g/mol. The lowest BCUT2D eigenvalue weighted by Gasteiger charge is -2.05. The Kier molecular flexibility index (Phi) is 5.00. The van der Waals surface area contributed by atoms with Gasteiger partial charge in [-0.15, -0.1) is 0 Å². The van der Waals surface area contributed by atoms with Gasteiger partial charge in [-0.1, -0.05) is 57.3 Å². The van der Waals surface area contributed by atoms with Crippen LogP contribution in [0.1, 0.15) is 18.9 Å². The summed E-state index contributed by atoms with van der Waals surface area (Å²) in [5.41, 5.74) is 2.18. The highest BCUT2D eigenvalue weighted by atomic mass is 79.9. The minimum Gasteiger partial charge on any atom is -0.0925 e. The summed E-state index contributed by atoms with van der Waals surface area (Å²) in [6.45, 7) is 2.04. The summed E-state index contributed by atoms with van der Waals surface area (Å²) in [5.74, 6) is 0. The molecule has 0 aliphatic heterocycles. The Morgan fingerprint density at radius 1 is 1.43 bits per heavy atom. The van der Waals surface area contributed by atoms with Crippen molar-refractivity contribution < 1.29 is 0 Å². The van der Waals surface area contributed by atoms with Crippen molar-refractivity contribution in [1.29, 1.82) is 0 Å². The molecule has 0 heterocycles. The van der Waals surface area contributed by atoms with E-state index in [2.05, 4.69) is 22.0 Å². The molecule has 3 heteroatoms. The average Bonchev–Trinajstić information content (AvgIpc) is 2.18. The van der Waals surface area contributed by atoms with Crippen LogP contribution in [0.25, 0.3) is 5.57 Å². The number of hydrogen-bond donors (Lipinski definition) is 0. The molecule has 0 aliphatic carbocycles. The fourth-order valence-electron chi connectivity index (χ4n) is 1.19. The lowest BCUT2D eigenvalue weighted by Crippen LogP contribution is -1.83. The van der Waals surface area contributed by atoms with Gasteiger partial charge in [0, 0.05) is 5.33 Å². The Labute approximate surface area is 103 Å². The molecule has 0 N–H and O–H groups in total. The highest BCUT2D eigenvalue weighted by Gasteiger charge is 2.04. The molecule has 0 nitrogen and oxygen atoms in total. The SMILES string of the molecule is CC(=CCCBr)c1cccc(Cl)c1Cl. The van der Waals surface area contributed by atoms with Gasteiger partial charge in [0.2, 0.25) is 0 Å². The van der Waals surface area contributed by atoms with Crippen LogP contribution in [-0.4, -0.2) is 5.33 Å². The van der Waals surface area contributed by atoms with Gasteiger partial charge in [0.15, 0.2) is 0 Å². The van der Waals surface area contributed by atoms with Crippen LogP contribution in [0.2, 0.25) is 10.0 Å². The van der Waals surface area contributed by atoms with Gasteiger partial charge in [-0.3, -0.25) is 0 Å². The molecule has 0 saturated carbocycles. The van der Waals surface area contributed by atoms with E-state index in [0.717, 1.165) is 22.9 Å². The standard InChI is InChI=1S/C11H11BrCl2/c1-8(4-3-7-12)9-5-2-6-10(13)11(9)14/h2,4-6H,3,7H2,1H3. The van der Waals surface area contributed by atoms with Crippen LogP contribution in [0.5, 0.6) is 0 Å². The third kappa shape index (κ3) is 3.01. The Hall–Kier alpha value is 0.0200. The first kappa shape index (κ1) is 12.1. The van der Waals surface area contributed by atoms with Crippen molar-refractivity contribution in [3.8, 4) is 0 Å². The number of hydrogen-bond acceptors (Lipinski definition) is 0. The molecule has 0 atom stereocenters. The van der Waals surface area contributed by atoms with E-state index in [4.69, 9.17) is 23.2 Å². The summed E-state index contributed by atoms with van der Waals surface area (Å²) in [5, 5.41) is 2.20. The fraction of sp³-hybridized carbons (Fsp3) is 0.273. The minimum absolute atomic E-state index is 0.607. The van der Waals surface area contributed by atoms with Crippen molar-refractivity contribution in [2.45, 2.75) is 13.3 Å². The predicted octanol–water partition coefficient (Wildman–Crippen LogP) is 5.18. The Bertz CT molecular complexity index is 345. The Morgan fingerprint density at radius 2 is 2.14 bits per heavy atom. The van der Waals surface area contributed by atoms with Crippen LogP contribution in [0.15, 0.2) is 24.3 Å². The fourth-order valence-corrected chi connectivity index (χ4v) is 1.87. The number of alkyl halides is 1. The smallest absolute Gasteiger partial charge is 0.0667 e. The first-order valence-electron chi connectivity index (χ1n) is 4.34. The molecule has 0 spiro atoms. The van der Waals surface area contributed by atoms with E-state index in [1.165, 1.54) is 0 Å². The number of rotatable bonds is 3. The van der Waals surface area contributed by atoms with Crippen molar-refractivity contribution in [2.24, 2.45) is 0 Å². The largest absolute Gasteiger partial charge is 0.0925 e. The zero-order chi connectivity index (χ0) is 10.6. The maximum atomic E-state index is 6.08. The summed E-state index contributed by atoms with van der Waals surface area (Å²) in [6, 6.07) is 5.69. The van der Waals surface area contributed by atoms with Crippen molar-refractivity contribution in [1.82, 2.24) is 0 Å². The lowest BCUT2D eigenvalue weighted by molar-refractivity contribution is 1.26. The molecule has 0 aliphatic rings. The van der Waals surface area contributed by atoms with Crippen molar-refractivity contribution >= 4 is 44.7 Å². The molecule has 0 bridgehead atoms. The van der Waals surface area contributed by atoms with Gasteiger partial charge in [0.05, 0.1) is 10.0 Å². The molecule has 0 radical (unpaired) electrons. The quantitative estimate of drug-likeness (QED) is 0.674. The van der Waals surface area contributed by atoms with E-state index in [9.17, 15) is 0 Å². The van der Waals surface area contributed by atoms with Crippen LogP contribution in [-0.2, 0) is 0 Å². The van der Waals surface area contributed by atoms with Crippen LogP contribution in [0.4, 0.5) is 0 Å².